The van der Waals surface area contributed by atoms with E-state index in [2.05, 4.69) is 0 Å². The lowest BCUT2D eigenvalue weighted by atomic mass is 9.74. The van der Waals surface area contributed by atoms with Gasteiger partial charge in [0.1, 0.15) is 34.5 Å². The van der Waals surface area contributed by atoms with Crippen molar-refractivity contribution in [3.05, 3.63) is 352 Å². The molecule has 6 N–H and O–H groups in total. The first kappa shape index (κ1) is 94.5. The average Bonchev–Trinajstić information content (AvgIpc) is 0.759. The standard InChI is InChI=1S/C96H90Cl6O18S6/c1-91(2,67-13-25-79(26-14-67)121(97,109)110)73-43-55-37-57-45-74(92(3,4)68-15-27-80(28-16-68)122(98,111)112)47-59(86(57)104)39-61-49-76(94(7,8)70-19-31-82(32-20-70)124(100,115)116)51-63(88(61)106)41-65-53-78(96(11,12)72-23-35-84(36-24-72)126(102,119)120)54-66(90(65)108)42-64-52-77(95(9,10)71-21-33-83(34-22-71)125(101,117)118)50-62(89(64)107)40-60-48-75(46-58(87(60)105)38-56(44-73)85(55)103)93(5,6)69-17-29-81(30-18-69)123(99,113)114/h13-36,43-54,103-108H,37-42H2,1-12H3. The summed E-state index contributed by atoms with van der Waals surface area (Å²) in [5, 5.41) is 81.0. The number of benzene rings is 12. The van der Waals surface area contributed by atoms with Gasteiger partial charge in [-0.1, -0.05) is 229 Å². The summed E-state index contributed by atoms with van der Waals surface area (Å²) in [6, 6.07) is 57.0. The molecule has 12 aromatic carbocycles. The highest BCUT2D eigenvalue weighted by molar-refractivity contribution is 8.15. The summed E-state index contributed by atoms with van der Waals surface area (Å²) < 4.78 is 153. The molecule has 0 amide bonds. The molecule has 0 radical (unpaired) electrons. The van der Waals surface area contributed by atoms with Gasteiger partial charge in [0.05, 0.1) is 29.4 Å². The second kappa shape index (κ2) is 33.7. The largest absolute Gasteiger partial charge is 0.507 e. The van der Waals surface area contributed by atoms with Gasteiger partial charge in [0.15, 0.2) is 0 Å². The molecule has 0 aliphatic heterocycles. The lowest BCUT2D eigenvalue weighted by molar-refractivity contribution is 0.449. The van der Waals surface area contributed by atoms with Crippen LogP contribution in [0, 0.1) is 0 Å². The van der Waals surface area contributed by atoms with Crippen molar-refractivity contribution in [1.82, 2.24) is 0 Å². The lowest BCUT2D eigenvalue weighted by Gasteiger charge is -2.31. The van der Waals surface area contributed by atoms with Crippen LogP contribution < -0.4 is 0 Å². The van der Waals surface area contributed by atoms with Gasteiger partial charge in [-0.2, -0.15) is 0 Å². The van der Waals surface area contributed by atoms with Gasteiger partial charge in [-0.15, -0.1) is 0 Å². The van der Waals surface area contributed by atoms with Crippen LogP contribution in [0.5, 0.6) is 34.5 Å². The number of hydrogen-bond donors (Lipinski definition) is 6. The van der Waals surface area contributed by atoms with E-state index in [1.807, 2.05) is 83.1 Å². The molecule has 0 unspecified atom stereocenters. The van der Waals surface area contributed by atoms with Gasteiger partial charge in [-0.25, -0.2) is 50.5 Å². The Balaban J connectivity index is 1.15. The first-order valence-corrected chi connectivity index (χ1v) is 53.4. The molecule has 13 rings (SSSR count). The summed E-state index contributed by atoms with van der Waals surface area (Å²) in [6.45, 7) is 22.6. The zero-order chi connectivity index (χ0) is 92.5. The van der Waals surface area contributed by atoms with Gasteiger partial charge in [-0.05, 0) is 206 Å². The van der Waals surface area contributed by atoms with Crippen molar-refractivity contribution < 1.29 is 81.1 Å². The maximum atomic E-state index is 13.5. The fraction of sp³-hybridized carbons (Fsp3) is 0.250. The molecule has 0 atom stereocenters. The molecule has 12 aromatic rings. The van der Waals surface area contributed by atoms with Crippen molar-refractivity contribution in [3.8, 4) is 34.5 Å². The normalized spacial score (nSPS) is 13.9. The van der Waals surface area contributed by atoms with Crippen LogP contribution in [-0.4, -0.2) is 81.1 Å². The summed E-state index contributed by atoms with van der Waals surface area (Å²) >= 11 is 0. The molecule has 0 saturated heterocycles. The molecular weight excluding hydrogens is 1850 g/mol. The van der Waals surface area contributed by atoms with E-state index in [1.54, 1.807) is 146 Å². The number of halogens is 6. The summed E-state index contributed by atoms with van der Waals surface area (Å²) in [6.07, 6.45) is -1.56. The summed E-state index contributed by atoms with van der Waals surface area (Å²) in [4.78, 5) is -1.03. The SMILES string of the molecule is CC(C)(c1ccc(S(=O)(=O)Cl)cc1)c1cc2c(O)c(c1)Cc1cc(C(C)(C)c3ccc(S(=O)(=O)Cl)cc3)cc(c1O)Cc1cc(C(C)(C)c3ccc(S(=O)(=O)Cl)cc3)cc(c1O)Cc1cc(C(C)(C)c3ccc(S(=O)(=O)Cl)cc3)cc(c1O)Cc1cc(C(C)(C)c3ccc(S(=O)(=O)Cl)cc3)cc(c1O)Cc1cc(C(C)(C)c3ccc(S(=O)(=O)Cl)cc3)cc(c1O)C2. The third kappa shape index (κ3) is 19.2. The number of fused-ring (bicyclic) bond motifs is 12. The maximum absolute atomic E-state index is 13.5. The number of phenolic OH excluding ortho intramolecular Hbond substituents is 6. The Hall–Kier alpha value is -9.12. The van der Waals surface area contributed by atoms with Gasteiger partial charge in [0, 0.05) is 135 Å². The average molecular weight is 1940 g/mol. The fourth-order valence-corrected chi connectivity index (χ4v) is 21.4. The van der Waals surface area contributed by atoms with Crippen LogP contribution >= 0.6 is 64.1 Å². The lowest BCUT2D eigenvalue weighted by Crippen LogP contribution is -2.21. The molecular formula is C96H90Cl6O18S6. The minimum Gasteiger partial charge on any atom is -0.507 e. The van der Waals surface area contributed by atoms with E-state index < -0.39 is 86.8 Å². The third-order valence-corrected chi connectivity index (χ3v) is 33.6. The molecule has 18 nitrogen and oxygen atoms in total. The molecule has 0 saturated carbocycles. The van der Waals surface area contributed by atoms with Crippen LogP contribution in [0.15, 0.2) is 248 Å². The first-order valence-electron chi connectivity index (χ1n) is 39.6. The quantitative estimate of drug-likeness (QED) is 0.0435. The van der Waals surface area contributed by atoms with E-state index in [0.717, 1.165) is 0 Å². The molecule has 660 valence electrons. The molecule has 0 fully saturated rings. The van der Waals surface area contributed by atoms with E-state index in [1.165, 1.54) is 72.8 Å². The second-order valence-electron chi connectivity index (χ2n) is 35.4. The molecule has 1 aliphatic rings. The summed E-state index contributed by atoms with van der Waals surface area (Å²) in [5.41, 5.74) is 3.05. The highest BCUT2D eigenvalue weighted by Gasteiger charge is 2.37. The molecule has 126 heavy (non-hydrogen) atoms. The van der Waals surface area contributed by atoms with Crippen molar-refractivity contribution in [1.29, 1.82) is 0 Å². The fourth-order valence-electron chi connectivity index (χ4n) is 16.8. The minimum atomic E-state index is -4.21. The maximum Gasteiger partial charge on any atom is 0.261 e. The molecule has 0 heterocycles. The number of aromatic hydroxyl groups is 6. The van der Waals surface area contributed by atoms with Crippen LogP contribution in [0.25, 0.3) is 0 Å². The van der Waals surface area contributed by atoms with Crippen LogP contribution in [0.3, 0.4) is 0 Å². The van der Waals surface area contributed by atoms with Gasteiger partial charge in [0.25, 0.3) is 54.3 Å². The van der Waals surface area contributed by atoms with Gasteiger partial charge < -0.3 is 30.6 Å². The Morgan fingerprint density at radius 2 is 0.262 bits per heavy atom. The monoisotopic (exact) mass is 1930 g/mol. The molecule has 0 spiro atoms. The Morgan fingerprint density at radius 3 is 0.341 bits per heavy atom. The highest BCUT2D eigenvalue weighted by atomic mass is 35.7. The predicted molar refractivity (Wildman–Crippen MR) is 495 cm³/mol. The van der Waals surface area contributed by atoms with Crippen LogP contribution in [0.4, 0.5) is 0 Å². The van der Waals surface area contributed by atoms with Gasteiger partial charge in [0.2, 0.25) is 0 Å². The Labute approximate surface area is 762 Å². The summed E-state index contributed by atoms with van der Waals surface area (Å²) in [7, 11) is 10.1. The van der Waals surface area contributed by atoms with Crippen LogP contribution in [0.2, 0.25) is 0 Å². The van der Waals surface area contributed by atoms with Crippen LogP contribution in [-0.2, 0) is 125 Å². The highest BCUT2D eigenvalue weighted by Crippen LogP contribution is 2.50. The van der Waals surface area contributed by atoms with Crippen molar-refractivity contribution in [3.63, 3.8) is 0 Å². The number of hydrogen-bond acceptors (Lipinski definition) is 18. The Bertz CT molecular complexity index is 5900. The van der Waals surface area contributed by atoms with Crippen molar-refractivity contribution in [2.24, 2.45) is 0 Å². The number of phenols is 6. The van der Waals surface area contributed by atoms with Crippen molar-refractivity contribution >= 4 is 118 Å². The number of rotatable bonds is 18. The van der Waals surface area contributed by atoms with E-state index in [-0.39, 0.29) is 169 Å². The Kier molecular flexibility index (Phi) is 25.3. The molecule has 1 aliphatic carbocycles. The predicted octanol–water partition coefficient (Wildman–Crippen LogP) is 21.3. The third-order valence-electron chi connectivity index (χ3n) is 25.4. The topological polar surface area (TPSA) is 326 Å². The van der Waals surface area contributed by atoms with Gasteiger partial charge >= 0.3 is 0 Å². The van der Waals surface area contributed by atoms with E-state index in [9.17, 15) is 81.1 Å². The van der Waals surface area contributed by atoms with Crippen LogP contribution in [0.1, 0.15) is 217 Å². The molecule has 0 aromatic heterocycles. The van der Waals surface area contributed by atoms with E-state index in [4.69, 9.17) is 64.1 Å². The molecule has 12 bridgehead atoms. The first-order chi connectivity index (χ1) is 58.2. The van der Waals surface area contributed by atoms with Gasteiger partial charge in [-0.3, -0.25) is 0 Å². The minimum absolute atomic E-state index is 0.172. The Morgan fingerprint density at radius 1 is 0.175 bits per heavy atom. The van der Waals surface area contributed by atoms with E-state index in [0.29, 0.717) is 66.8 Å². The second-order valence-corrected chi connectivity index (χ2v) is 50.8. The van der Waals surface area contributed by atoms with Crippen molar-refractivity contribution in [2.75, 3.05) is 0 Å². The van der Waals surface area contributed by atoms with Crippen molar-refractivity contribution in [2.45, 2.75) is 183 Å². The zero-order valence-electron chi connectivity index (χ0n) is 70.3. The zero-order valence-corrected chi connectivity index (χ0v) is 79.8. The summed E-state index contributed by atoms with van der Waals surface area (Å²) in [5.74, 6) is -1.75. The molecule has 30 heteroatoms. The van der Waals surface area contributed by atoms with E-state index >= 15 is 0 Å². The smallest absolute Gasteiger partial charge is 0.261 e.